The normalized spacial score (nSPS) is 13.4. The van der Waals surface area contributed by atoms with Crippen molar-refractivity contribution >= 4 is 27.7 Å². The van der Waals surface area contributed by atoms with Crippen molar-refractivity contribution in [2.24, 2.45) is 5.41 Å². The summed E-state index contributed by atoms with van der Waals surface area (Å²) in [6, 6.07) is 15.8. The topological polar surface area (TPSA) is 160 Å². The minimum atomic E-state index is -4.18. The molecule has 0 bridgehead atoms. The molecule has 0 fully saturated rings. The highest BCUT2D eigenvalue weighted by Crippen LogP contribution is 2.28. The van der Waals surface area contributed by atoms with Crippen LogP contribution >= 0.6 is 0 Å². The van der Waals surface area contributed by atoms with Crippen molar-refractivity contribution < 1.29 is 28.2 Å². The number of aliphatic hydroxyl groups excluding tert-OH is 1. The summed E-state index contributed by atoms with van der Waals surface area (Å²) in [5.74, 6) is -0.358. The number of nitrogens with one attached hydrogen (secondary N) is 2. The van der Waals surface area contributed by atoms with Crippen LogP contribution in [0.5, 0.6) is 0 Å². The number of nitrogens with zero attached hydrogens (tertiary/aromatic N) is 2. The van der Waals surface area contributed by atoms with E-state index in [9.17, 15) is 28.2 Å². The highest BCUT2D eigenvalue weighted by molar-refractivity contribution is 7.89. The van der Waals surface area contributed by atoms with Crippen molar-refractivity contribution in [2.75, 3.05) is 18.4 Å². The number of aliphatic hydroxyl groups is 1. The molecule has 0 radical (unpaired) electrons. The lowest BCUT2D eigenvalue weighted by Crippen LogP contribution is -2.51. The Kier molecular flexibility index (Phi) is 10.6. The zero-order valence-corrected chi connectivity index (χ0v) is 22.0. The Balaban J connectivity index is 2.42. The molecule has 0 heterocycles. The van der Waals surface area contributed by atoms with Crippen molar-refractivity contribution in [3.63, 3.8) is 0 Å². The fourth-order valence-corrected chi connectivity index (χ4v) is 5.62. The van der Waals surface area contributed by atoms with E-state index < -0.39 is 33.7 Å². The molecule has 0 aliphatic heterocycles. The zero-order chi connectivity index (χ0) is 27.6. The number of rotatable bonds is 13. The molecule has 2 atom stereocenters. The summed E-state index contributed by atoms with van der Waals surface area (Å²) in [7, 11) is -4.18. The first-order valence-electron chi connectivity index (χ1n) is 11.8. The number of hydrogen-bond donors (Lipinski definition) is 4. The van der Waals surface area contributed by atoms with Gasteiger partial charge in [0.15, 0.2) is 0 Å². The average Bonchev–Trinajstić information content (AvgIpc) is 2.82. The van der Waals surface area contributed by atoms with Crippen LogP contribution in [0.15, 0.2) is 59.5 Å². The second-order valence-electron chi connectivity index (χ2n) is 9.64. The van der Waals surface area contributed by atoms with E-state index in [-0.39, 0.29) is 36.7 Å². The molecule has 0 aliphatic carbocycles. The summed E-state index contributed by atoms with van der Waals surface area (Å²) in [6.45, 7) is 4.54. The number of carbonyl (C=O) groups excluding carboxylic acids is 1. The molecule has 2 amide bonds. The average molecular weight is 531 g/mol. The Morgan fingerprint density at radius 1 is 1.14 bits per heavy atom. The molecular weight excluding hydrogens is 496 g/mol. The molecule has 11 heteroatoms. The molecule has 0 aromatic heterocycles. The van der Waals surface area contributed by atoms with Crippen LogP contribution in [0.4, 0.5) is 10.5 Å². The smallest absolute Gasteiger partial charge is 0.404 e. The molecule has 2 aromatic rings. The van der Waals surface area contributed by atoms with Gasteiger partial charge in [0, 0.05) is 32.1 Å². The van der Waals surface area contributed by atoms with Crippen LogP contribution in [0.25, 0.3) is 0 Å². The molecular formula is C26H34N4O6S. The second-order valence-corrected chi connectivity index (χ2v) is 11.6. The molecule has 2 rings (SSSR count). The van der Waals surface area contributed by atoms with Crippen LogP contribution in [0.1, 0.15) is 39.2 Å². The molecule has 0 saturated carbocycles. The standard InChI is InChI=1S/C26H34N4O6S/c1-19(31)28-21-11-7-12-22(16-21)37(35,36)30(18-26(2,3)13-8-14-27)17-24(32)23(29-25(33)34)15-20-9-5-4-6-10-20/h4-7,9-12,16,23-24,29,32H,8,13,15,17-18H2,1-3H3,(H,28,31)(H,33,34)/t23-,24-/m0/s1. The lowest BCUT2D eigenvalue weighted by atomic mass is 9.88. The fourth-order valence-electron chi connectivity index (χ4n) is 3.93. The van der Waals surface area contributed by atoms with Gasteiger partial charge in [0.1, 0.15) is 0 Å². The van der Waals surface area contributed by atoms with Crippen LogP contribution in [0, 0.1) is 16.7 Å². The lowest BCUT2D eigenvalue weighted by Gasteiger charge is -2.34. The zero-order valence-electron chi connectivity index (χ0n) is 21.2. The van der Waals surface area contributed by atoms with E-state index in [1.54, 1.807) is 30.3 Å². The Labute approximate surface area is 218 Å². The maximum atomic E-state index is 13.8. The number of anilines is 1. The van der Waals surface area contributed by atoms with E-state index in [1.165, 1.54) is 25.1 Å². The van der Waals surface area contributed by atoms with Crippen LogP contribution in [-0.2, 0) is 21.2 Å². The molecule has 0 unspecified atom stereocenters. The molecule has 0 saturated heterocycles. The van der Waals surface area contributed by atoms with E-state index in [2.05, 4.69) is 16.7 Å². The van der Waals surface area contributed by atoms with Gasteiger partial charge in [0.2, 0.25) is 15.9 Å². The minimum absolute atomic E-state index is 0.0242. The molecule has 200 valence electrons. The molecule has 4 N–H and O–H groups in total. The quantitative estimate of drug-likeness (QED) is 0.309. The van der Waals surface area contributed by atoms with Crippen LogP contribution in [0.2, 0.25) is 0 Å². The fraction of sp³-hybridized carbons (Fsp3) is 0.423. The van der Waals surface area contributed by atoms with Gasteiger partial charge in [-0.1, -0.05) is 50.2 Å². The highest BCUT2D eigenvalue weighted by atomic mass is 32.2. The third kappa shape index (κ3) is 9.49. The summed E-state index contributed by atoms with van der Waals surface area (Å²) in [5.41, 5.74) is 0.451. The number of carboxylic acid groups (broad SMARTS) is 1. The molecule has 2 aromatic carbocycles. The number of nitriles is 1. The van der Waals surface area contributed by atoms with Gasteiger partial charge in [-0.15, -0.1) is 0 Å². The number of amides is 2. The molecule has 10 nitrogen and oxygen atoms in total. The molecule has 37 heavy (non-hydrogen) atoms. The first-order chi connectivity index (χ1) is 17.3. The van der Waals surface area contributed by atoms with E-state index in [0.717, 1.165) is 9.87 Å². The minimum Gasteiger partial charge on any atom is -0.465 e. The first-order valence-corrected chi connectivity index (χ1v) is 13.2. The SMILES string of the molecule is CC(=O)Nc1cccc(S(=O)(=O)N(C[C@H](O)[C@H](Cc2ccccc2)NC(=O)O)CC(C)(C)CCC#N)c1. The van der Waals surface area contributed by atoms with Crippen molar-refractivity contribution in [3.8, 4) is 6.07 Å². The Hall–Kier alpha value is -3.46. The first kappa shape index (κ1) is 29.8. The molecule has 0 spiro atoms. The number of hydrogen-bond acceptors (Lipinski definition) is 6. The summed E-state index contributed by atoms with van der Waals surface area (Å²) in [5, 5.41) is 34.3. The maximum absolute atomic E-state index is 13.8. The number of carbonyl (C=O) groups is 2. The van der Waals surface area contributed by atoms with Crippen molar-refractivity contribution in [3.05, 3.63) is 60.2 Å². The van der Waals surface area contributed by atoms with Crippen LogP contribution in [-0.4, -0.2) is 60.2 Å². The maximum Gasteiger partial charge on any atom is 0.404 e. The van der Waals surface area contributed by atoms with E-state index in [1.807, 2.05) is 19.9 Å². The Morgan fingerprint density at radius 3 is 2.41 bits per heavy atom. The van der Waals surface area contributed by atoms with Gasteiger partial charge in [-0.3, -0.25) is 4.79 Å². The van der Waals surface area contributed by atoms with Crippen molar-refractivity contribution in [1.29, 1.82) is 5.26 Å². The van der Waals surface area contributed by atoms with E-state index in [0.29, 0.717) is 12.1 Å². The van der Waals surface area contributed by atoms with Crippen LogP contribution in [0.3, 0.4) is 0 Å². The predicted molar refractivity (Wildman–Crippen MR) is 139 cm³/mol. The van der Waals surface area contributed by atoms with Gasteiger partial charge in [0.25, 0.3) is 0 Å². The van der Waals surface area contributed by atoms with Crippen molar-refractivity contribution in [1.82, 2.24) is 9.62 Å². The highest BCUT2D eigenvalue weighted by Gasteiger charge is 2.34. The summed E-state index contributed by atoms with van der Waals surface area (Å²) in [4.78, 5) is 22.8. The van der Waals surface area contributed by atoms with E-state index >= 15 is 0 Å². The summed E-state index contributed by atoms with van der Waals surface area (Å²) in [6.07, 6.45) is -1.93. The van der Waals surface area contributed by atoms with Gasteiger partial charge in [-0.25, -0.2) is 13.2 Å². The van der Waals surface area contributed by atoms with Gasteiger partial charge >= 0.3 is 6.09 Å². The van der Waals surface area contributed by atoms with Gasteiger partial charge < -0.3 is 20.8 Å². The Morgan fingerprint density at radius 2 is 1.81 bits per heavy atom. The van der Waals surface area contributed by atoms with Gasteiger partial charge in [-0.2, -0.15) is 9.57 Å². The third-order valence-corrected chi connectivity index (χ3v) is 7.58. The monoisotopic (exact) mass is 530 g/mol. The van der Waals surface area contributed by atoms with Gasteiger partial charge in [-0.05, 0) is 42.0 Å². The van der Waals surface area contributed by atoms with Crippen LogP contribution < -0.4 is 10.6 Å². The van der Waals surface area contributed by atoms with Crippen molar-refractivity contribution in [2.45, 2.75) is 57.1 Å². The second kappa shape index (κ2) is 13.2. The third-order valence-electron chi connectivity index (χ3n) is 5.77. The largest absolute Gasteiger partial charge is 0.465 e. The predicted octanol–water partition coefficient (Wildman–Crippen LogP) is 3.21. The Bertz CT molecular complexity index is 1210. The summed E-state index contributed by atoms with van der Waals surface area (Å²) < 4.78 is 28.6. The lowest BCUT2D eigenvalue weighted by molar-refractivity contribution is -0.114. The summed E-state index contributed by atoms with van der Waals surface area (Å²) >= 11 is 0. The van der Waals surface area contributed by atoms with E-state index in [4.69, 9.17) is 5.26 Å². The number of sulfonamides is 1. The number of benzene rings is 2. The molecule has 0 aliphatic rings. The van der Waals surface area contributed by atoms with Gasteiger partial charge in [0.05, 0.1) is 23.1 Å².